The zero-order chi connectivity index (χ0) is 9.68. The van der Waals surface area contributed by atoms with Crippen LogP contribution in [0.25, 0.3) is 0 Å². The average molecular weight is 185 g/mol. The first-order valence-electron chi connectivity index (χ1n) is 4.65. The highest BCUT2D eigenvalue weighted by Gasteiger charge is 2.26. The summed E-state index contributed by atoms with van der Waals surface area (Å²) < 4.78 is 0. The maximum absolute atomic E-state index is 10.5. The van der Waals surface area contributed by atoms with Crippen LogP contribution < -0.4 is 5.32 Å². The fourth-order valence-electron chi connectivity index (χ4n) is 2.00. The zero-order valence-corrected chi connectivity index (χ0v) is 7.53. The normalized spacial score (nSPS) is 19.7. The van der Waals surface area contributed by atoms with E-state index >= 15 is 0 Å². The van der Waals surface area contributed by atoms with Crippen molar-refractivity contribution in [2.45, 2.75) is 38.1 Å². The van der Waals surface area contributed by atoms with Crippen molar-refractivity contribution in [1.82, 2.24) is 5.32 Å². The minimum Gasteiger partial charge on any atom is -0.481 e. The van der Waals surface area contributed by atoms with Crippen LogP contribution in [0, 0.1) is 5.92 Å². The highest BCUT2D eigenvalue weighted by molar-refractivity contribution is 5.68. The van der Waals surface area contributed by atoms with Crippen LogP contribution in [0.1, 0.15) is 32.1 Å². The lowest BCUT2D eigenvalue weighted by Crippen LogP contribution is -2.36. The Bertz CT molecular complexity index is 187. The molecule has 1 fully saturated rings. The summed E-state index contributed by atoms with van der Waals surface area (Å²) >= 11 is 0. The van der Waals surface area contributed by atoms with Crippen LogP contribution in [0.15, 0.2) is 0 Å². The van der Waals surface area contributed by atoms with Crippen molar-refractivity contribution in [2.75, 3.05) is 0 Å². The van der Waals surface area contributed by atoms with Crippen LogP contribution in [0.4, 0.5) is 0 Å². The summed E-state index contributed by atoms with van der Waals surface area (Å²) in [5, 5.41) is 11.2. The number of carbonyl (C=O) groups excluding carboxylic acids is 1. The molecule has 74 valence electrons. The van der Waals surface area contributed by atoms with E-state index in [1.54, 1.807) is 0 Å². The Labute approximate surface area is 77.3 Å². The van der Waals surface area contributed by atoms with Crippen molar-refractivity contribution in [1.29, 1.82) is 0 Å². The number of amides is 1. The van der Waals surface area contributed by atoms with Gasteiger partial charge in [0, 0.05) is 6.04 Å². The van der Waals surface area contributed by atoms with E-state index in [0.29, 0.717) is 12.3 Å². The molecule has 2 N–H and O–H groups in total. The molecule has 4 heteroatoms. The topological polar surface area (TPSA) is 66.4 Å². The van der Waals surface area contributed by atoms with Gasteiger partial charge in [-0.2, -0.15) is 0 Å². The number of carboxylic acid groups (broad SMARTS) is 1. The number of nitrogens with one attached hydrogen (secondary N) is 1. The molecule has 4 nitrogen and oxygen atoms in total. The summed E-state index contributed by atoms with van der Waals surface area (Å²) in [6.07, 6.45) is 5.04. The van der Waals surface area contributed by atoms with Gasteiger partial charge < -0.3 is 10.4 Å². The third-order valence-electron chi connectivity index (χ3n) is 2.65. The molecule has 0 aromatic heterocycles. The summed E-state index contributed by atoms with van der Waals surface area (Å²) in [6, 6.07) is -0.169. The SMILES string of the molecule is O=CN[C@@H](CC(=O)O)C1CCCC1. The van der Waals surface area contributed by atoms with E-state index < -0.39 is 5.97 Å². The second-order valence-electron chi connectivity index (χ2n) is 3.53. The van der Waals surface area contributed by atoms with Crippen molar-refractivity contribution in [3.05, 3.63) is 0 Å². The van der Waals surface area contributed by atoms with Gasteiger partial charge in [-0.15, -0.1) is 0 Å². The van der Waals surface area contributed by atoms with E-state index in [1.807, 2.05) is 0 Å². The van der Waals surface area contributed by atoms with Gasteiger partial charge >= 0.3 is 5.97 Å². The molecular formula is C9H15NO3. The lowest BCUT2D eigenvalue weighted by Gasteiger charge is -2.20. The molecule has 0 spiro atoms. The highest BCUT2D eigenvalue weighted by Crippen LogP contribution is 2.28. The van der Waals surface area contributed by atoms with Crippen LogP contribution >= 0.6 is 0 Å². The molecular weight excluding hydrogens is 170 g/mol. The maximum atomic E-state index is 10.5. The lowest BCUT2D eigenvalue weighted by molar-refractivity contribution is -0.137. The van der Waals surface area contributed by atoms with Crippen LogP contribution in [0.5, 0.6) is 0 Å². The molecule has 0 aromatic carbocycles. The van der Waals surface area contributed by atoms with Crippen molar-refractivity contribution in [3.63, 3.8) is 0 Å². The smallest absolute Gasteiger partial charge is 0.305 e. The van der Waals surface area contributed by atoms with Crippen molar-refractivity contribution >= 4 is 12.4 Å². The maximum Gasteiger partial charge on any atom is 0.305 e. The van der Waals surface area contributed by atoms with Gasteiger partial charge in [-0.1, -0.05) is 12.8 Å². The Balaban J connectivity index is 2.44. The molecule has 0 saturated heterocycles. The van der Waals surface area contributed by atoms with E-state index in [1.165, 1.54) is 0 Å². The number of rotatable bonds is 5. The van der Waals surface area contributed by atoms with E-state index in [0.717, 1.165) is 25.7 Å². The number of aliphatic carboxylic acids is 1. The van der Waals surface area contributed by atoms with E-state index in [4.69, 9.17) is 5.11 Å². The van der Waals surface area contributed by atoms with Gasteiger partial charge in [0.15, 0.2) is 0 Å². The minimum atomic E-state index is -0.841. The van der Waals surface area contributed by atoms with Gasteiger partial charge in [-0.05, 0) is 18.8 Å². The number of carbonyl (C=O) groups is 2. The Hall–Kier alpha value is -1.06. The quantitative estimate of drug-likeness (QED) is 0.621. The minimum absolute atomic E-state index is 0.0450. The molecule has 1 saturated carbocycles. The Morgan fingerprint density at radius 3 is 2.62 bits per heavy atom. The fraction of sp³-hybridized carbons (Fsp3) is 0.778. The van der Waals surface area contributed by atoms with Gasteiger partial charge in [-0.25, -0.2) is 0 Å². The summed E-state index contributed by atoms with van der Waals surface area (Å²) in [6.45, 7) is 0. The van der Waals surface area contributed by atoms with Crippen molar-refractivity contribution in [2.24, 2.45) is 5.92 Å². The predicted molar refractivity (Wildman–Crippen MR) is 47.2 cm³/mol. The Morgan fingerprint density at radius 2 is 2.15 bits per heavy atom. The van der Waals surface area contributed by atoms with Gasteiger partial charge in [-0.3, -0.25) is 9.59 Å². The second kappa shape index (κ2) is 4.84. The zero-order valence-electron chi connectivity index (χ0n) is 7.53. The summed E-state index contributed by atoms with van der Waals surface area (Å²) in [5.41, 5.74) is 0. The number of carboxylic acids is 1. The fourth-order valence-corrected chi connectivity index (χ4v) is 2.00. The Morgan fingerprint density at radius 1 is 1.54 bits per heavy atom. The van der Waals surface area contributed by atoms with Gasteiger partial charge in [0.1, 0.15) is 0 Å². The highest BCUT2D eigenvalue weighted by atomic mass is 16.4. The molecule has 1 aliphatic carbocycles. The van der Waals surface area contributed by atoms with Crippen LogP contribution in [0.3, 0.4) is 0 Å². The van der Waals surface area contributed by atoms with E-state index in [9.17, 15) is 9.59 Å². The molecule has 1 aliphatic rings. The largest absolute Gasteiger partial charge is 0.481 e. The molecule has 0 aliphatic heterocycles. The van der Waals surface area contributed by atoms with Crippen LogP contribution in [-0.4, -0.2) is 23.5 Å². The van der Waals surface area contributed by atoms with Gasteiger partial charge in [0.2, 0.25) is 6.41 Å². The van der Waals surface area contributed by atoms with Crippen LogP contribution in [-0.2, 0) is 9.59 Å². The Kier molecular flexibility index (Phi) is 3.73. The third-order valence-corrected chi connectivity index (χ3v) is 2.65. The third kappa shape index (κ3) is 3.05. The van der Waals surface area contributed by atoms with Crippen LogP contribution in [0.2, 0.25) is 0 Å². The first-order chi connectivity index (χ1) is 6.24. The molecule has 0 radical (unpaired) electrons. The molecule has 1 atom stereocenters. The molecule has 0 heterocycles. The first kappa shape index (κ1) is 10.0. The predicted octanol–water partition coefficient (Wildman–Crippen LogP) is 0.766. The molecule has 1 amide bonds. The first-order valence-corrected chi connectivity index (χ1v) is 4.65. The molecule has 1 rings (SSSR count). The van der Waals surface area contributed by atoms with Gasteiger partial charge in [0.05, 0.1) is 6.42 Å². The molecule has 13 heavy (non-hydrogen) atoms. The van der Waals surface area contributed by atoms with Crippen molar-refractivity contribution < 1.29 is 14.7 Å². The van der Waals surface area contributed by atoms with Crippen molar-refractivity contribution in [3.8, 4) is 0 Å². The molecule has 0 aromatic rings. The molecule has 0 bridgehead atoms. The van der Waals surface area contributed by atoms with E-state index in [2.05, 4.69) is 5.32 Å². The van der Waals surface area contributed by atoms with Gasteiger partial charge in [0.25, 0.3) is 0 Å². The summed E-state index contributed by atoms with van der Waals surface area (Å²) in [5.74, 6) is -0.479. The number of hydrogen-bond acceptors (Lipinski definition) is 2. The average Bonchev–Trinajstić information content (AvgIpc) is 2.54. The number of hydrogen-bond donors (Lipinski definition) is 2. The lowest BCUT2D eigenvalue weighted by atomic mass is 9.96. The standard InChI is InChI=1S/C9H15NO3/c11-6-10-8(5-9(12)13)7-3-1-2-4-7/h6-8H,1-5H2,(H,10,11)(H,12,13)/t8-/m0/s1. The monoisotopic (exact) mass is 185 g/mol. The summed E-state index contributed by atoms with van der Waals surface area (Å²) in [7, 11) is 0. The summed E-state index contributed by atoms with van der Waals surface area (Å²) in [4.78, 5) is 20.7. The molecule has 0 unspecified atom stereocenters. The second-order valence-corrected chi connectivity index (χ2v) is 3.53. The van der Waals surface area contributed by atoms with E-state index in [-0.39, 0.29) is 12.5 Å².